The second-order valence-electron chi connectivity index (χ2n) is 4.09. The number of benzene rings is 1. The van der Waals surface area contributed by atoms with E-state index in [0.717, 1.165) is 0 Å². The molecule has 3 nitrogen and oxygen atoms in total. The molecule has 0 bridgehead atoms. The maximum Gasteiger partial charge on any atom is 0.129 e. The van der Waals surface area contributed by atoms with Gasteiger partial charge in [-0.1, -0.05) is 22.0 Å². The van der Waals surface area contributed by atoms with E-state index in [1.54, 1.807) is 20.2 Å². The van der Waals surface area contributed by atoms with Gasteiger partial charge < -0.3 is 14.5 Å². The number of methoxy groups -OCH3 is 1. The van der Waals surface area contributed by atoms with Crippen LogP contribution in [0, 0.1) is 5.82 Å². The van der Waals surface area contributed by atoms with E-state index in [-0.39, 0.29) is 11.9 Å². The second kappa shape index (κ2) is 6.32. The van der Waals surface area contributed by atoms with Crippen LogP contribution in [0.25, 0.3) is 0 Å². The van der Waals surface area contributed by atoms with Crippen LogP contribution in [-0.2, 0) is 11.3 Å². The van der Waals surface area contributed by atoms with Crippen LogP contribution in [0.1, 0.15) is 23.1 Å². The molecule has 1 aromatic carbocycles. The van der Waals surface area contributed by atoms with Crippen LogP contribution in [0.15, 0.2) is 39.2 Å². The minimum absolute atomic E-state index is 0.279. The molecule has 0 fully saturated rings. The largest absolute Gasteiger partial charge is 0.462 e. The highest BCUT2D eigenvalue weighted by Crippen LogP contribution is 2.31. The van der Waals surface area contributed by atoms with Crippen molar-refractivity contribution in [1.82, 2.24) is 5.32 Å². The molecule has 19 heavy (non-hydrogen) atoms. The molecular formula is C14H15BrFNO2. The third-order valence-electron chi connectivity index (χ3n) is 2.83. The molecule has 0 amide bonds. The topological polar surface area (TPSA) is 34.4 Å². The summed E-state index contributed by atoms with van der Waals surface area (Å²) < 4.78 is 25.4. The molecule has 1 heterocycles. The number of hydrogen-bond acceptors (Lipinski definition) is 3. The standard InChI is InChI=1S/C14H15BrFNO2/c1-17-14(12-7-6-9(19-12)8-18-2)13-10(15)4-3-5-11(13)16/h3-7,14,17H,8H2,1-2H3. The molecule has 0 radical (unpaired) electrons. The Balaban J connectivity index is 2.38. The normalized spacial score (nSPS) is 12.6. The Morgan fingerprint density at radius 3 is 2.79 bits per heavy atom. The maximum absolute atomic E-state index is 14.0. The summed E-state index contributed by atoms with van der Waals surface area (Å²) in [7, 11) is 3.37. The smallest absolute Gasteiger partial charge is 0.129 e. The van der Waals surface area contributed by atoms with Gasteiger partial charge in [-0.2, -0.15) is 0 Å². The summed E-state index contributed by atoms with van der Waals surface area (Å²) in [6.45, 7) is 0.398. The Hall–Kier alpha value is -1.17. The third-order valence-corrected chi connectivity index (χ3v) is 3.52. The Labute approximate surface area is 119 Å². The molecule has 0 aliphatic heterocycles. The first-order valence-corrected chi connectivity index (χ1v) is 6.65. The lowest BCUT2D eigenvalue weighted by Gasteiger charge is -2.16. The molecule has 5 heteroatoms. The molecule has 2 rings (SSSR count). The fourth-order valence-corrected chi connectivity index (χ4v) is 2.56. The van der Waals surface area contributed by atoms with Crippen molar-refractivity contribution in [3.63, 3.8) is 0 Å². The second-order valence-corrected chi connectivity index (χ2v) is 4.95. The zero-order valence-electron chi connectivity index (χ0n) is 10.7. The first-order valence-electron chi connectivity index (χ1n) is 5.86. The number of halogens is 2. The number of hydrogen-bond donors (Lipinski definition) is 1. The molecule has 1 atom stereocenters. The fraction of sp³-hybridized carbons (Fsp3) is 0.286. The number of nitrogens with one attached hydrogen (secondary N) is 1. The number of rotatable bonds is 5. The van der Waals surface area contributed by atoms with E-state index < -0.39 is 0 Å². The van der Waals surface area contributed by atoms with Gasteiger partial charge in [0.1, 0.15) is 23.9 Å². The van der Waals surface area contributed by atoms with Crippen molar-refractivity contribution in [3.05, 3.63) is 57.7 Å². The third kappa shape index (κ3) is 3.05. The van der Waals surface area contributed by atoms with Crippen molar-refractivity contribution in [1.29, 1.82) is 0 Å². The molecule has 0 aliphatic carbocycles. The molecule has 0 aliphatic rings. The molecule has 2 aromatic rings. The summed E-state index contributed by atoms with van der Waals surface area (Å²) in [5.41, 5.74) is 0.531. The highest BCUT2D eigenvalue weighted by atomic mass is 79.9. The van der Waals surface area contributed by atoms with E-state index in [1.165, 1.54) is 6.07 Å². The van der Waals surface area contributed by atoms with E-state index in [0.29, 0.717) is 28.2 Å². The minimum Gasteiger partial charge on any atom is -0.462 e. The van der Waals surface area contributed by atoms with Crippen molar-refractivity contribution < 1.29 is 13.5 Å². The summed E-state index contributed by atoms with van der Waals surface area (Å²) in [4.78, 5) is 0. The van der Waals surface area contributed by atoms with Gasteiger partial charge in [-0.3, -0.25) is 0 Å². The Morgan fingerprint density at radius 1 is 1.37 bits per heavy atom. The summed E-state index contributed by atoms with van der Waals surface area (Å²) in [6.07, 6.45) is 0. The quantitative estimate of drug-likeness (QED) is 0.910. The van der Waals surface area contributed by atoms with Crippen molar-refractivity contribution in [2.45, 2.75) is 12.6 Å². The number of furan rings is 1. The van der Waals surface area contributed by atoms with Crippen molar-refractivity contribution in [2.75, 3.05) is 14.2 Å². The highest BCUT2D eigenvalue weighted by molar-refractivity contribution is 9.10. The Kier molecular flexibility index (Phi) is 4.74. The van der Waals surface area contributed by atoms with Gasteiger partial charge in [-0.25, -0.2) is 4.39 Å². The first kappa shape index (κ1) is 14.2. The average molecular weight is 328 g/mol. The first-order chi connectivity index (χ1) is 9.17. The van der Waals surface area contributed by atoms with Gasteiger partial charge in [0.25, 0.3) is 0 Å². The monoisotopic (exact) mass is 327 g/mol. The van der Waals surface area contributed by atoms with E-state index in [1.807, 2.05) is 18.2 Å². The predicted octanol–water partition coefficient (Wildman–Crippen LogP) is 3.64. The van der Waals surface area contributed by atoms with Crippen LogP contribution >= 0.6 is 15.9 Å². The lowest BCUT2D eigenvalue weighted by molar-refractivity contribution is 0.162. The van der Waals surface area contributed by atoms with E-state index in [2.05, 4.69) is 21.2 Å². The van der Waals surface area contributed by atoms with E-state index in [9.17, 15) is 4.39 Å². The van der Waals surface area contributed by atoms with E-state index in [4.69, 9.17) is 9.15 Å². The summed E-state index contributed by atoms with van der Waals surface area (Å²) in [6, 6.07) is 8.22. The van der Waals surface area contributed by atoms with Gasteiger partial charge in [-0.05, 0) is 31.3 Å². The summed E-state index contributed by atoms with van der Waals surface area (Å²) in [5, 5.41) is 3.07. The zero-order valence-corrected chi connectivity index (χ0v) is 12.3. The van der Waals surface area contributed by atoms with E-state index >= 15 is 0 Å². The lowest BCUT2D eigenvalue weighted by atomic mass is 10.0. The fourth-order valence-electron chi connectivity index (χ4n) is 1.98. The minimum atomic E-state index is -0.346. The Morgan fingerprint density at radius 2 is 2.16 bits per heavy atom. The molecule has 0 spiro atoms. The summed E-state index contributed by atoms with van der Waals surface area (Å²) in [5.74, 6) is 1.09. The van der Waals surface area contributed by atoms with Gasteiger partial charge in [0, 0.05) is 17.1 Å². The lowest BCUT2D eigenvalue weighted by Crippen LogP contribution is -2.19. The van der Waals surface area contributed by atoms with Crippen LogP contribution in [-0.4, -0.2) is 14.2 Å². The number of ether oxygens (including phenoxy) is 1. The zero-order chi connectivity index (χ0) is 13.8. The molecule has 0 saturated heterocycles. The summed E-state index contributed by atoms with van der Waals surface area (Å²) >= 11 is 3.38. The average Bonchev–Trinajstić information content (AvgIpc) is 2.83. The SMILES string of the molecule is CNC(c1ccc(COC)o1)c1c(F)cccc1Br. The van der Waals surface area contributed by atoms with Crippen molar-refractivity contribution in [2.24, 2.45) is 0 Å². The maximum atomic E-state index is 14.0. The van der Waals surface area contributed by atoms with Crippen LogP contribution in [0.5, 0.6) is 0 Å². The molecule has 1 N–H and O–H groups in total. The highest BCUT2D eigenvalue weighted by Gasteiger charge is 2.22. The van der Waals surface area contributed by atoms with Crippen molar-refractivity contribution >= 4 is 15.9 Å². The predicted molar refractivity (Wildman–Crippen MR) is 74.4 cm³/mol. The van der Waals surface area contributed by atoms with Crippen LogP contribution in [0.4, 0.5) is 4.39 Å². The van der Waals surface area contributed by atoms with Gasteiger partial charge in [0.2, 0.25) is 0 Å². The van der Waals surface area contributed by atoms with Crippen LogP contribution < -0.4 is 5.32 Å². The van der Waals surface area contributed by atoms with Crippen LogP contribution in [0.3, 0.4) is 0 Å². The Bertz CT molecular complexity index is 536. The molecule has 1 aromatic heterocycles. The van der Waals surface area contributed by atoms with Gasteiger partial charge in [-0.15, -0.1) is 0 Å². The molecule has 1 unspecified atom stereocenters. The van der Waals surface area contributed by atoms with Crippen molar-refractivity contribution in [3.8, 4) is 0 Å². The van der Waals surface area contributed by atoms with Gasteiger partial charge >= 0.3 is 0 Å². The molecule has 0 saturated carbocycles. The molecule has 102 valence electrons. The van der Waals surface area contributed by atoms with Gasteiger partial charge in [0.15, 0.2) is 0 Å². The molecular weight excluding hydrogens is 313 g/mol. The van der Waals surface area contributed by atoms with Crippen LogP contribution in [0.2, 0.25) is 0 Å². The van der Waals surface area contributed by atoms with Gasteiger partial charge in [0.05, 0.1) is 6.04 Å².